The number of thioether (sulfide) groups is 1. The maximum Gasteiger partial charge on any atom is 0.230 e. The lowest BCUT2D eigenvalue weighted by Gasteiger charge is -2.04. The molecule has 0 aliphatic heterocycles. The molecule has 0 aromatic heterocycles. The van der Waals surface area contributed by atoms with Crippen LogP contribution in [0.5, 0.6) is 0 Å². The quantitative estimate of drug-likeness (QED) is 0.476. The molecule has 0 radical (unpaired) electrons. The van der Waals surface area contributed by atoms with Gasteiger partial charge in [0.15, 0.2) is 5.78 Å². The topological polar surface area (TPSA) is 46.2 Å². The molecule has 0 aliphatic rings. The van der Waals surface area contributed by atoms with Gasteiger partial charge < -0.3 is 5.32 Å². The van der Waals surface area contributed by atoms with Gasteiger partial charge in [-0.2, -0.15) is 0 Å². The van der Waals surface area contributed by atoms with E-state index in [4.69, 9.17) is 11.6 Å². The molecule has 5 heteroatoms. The van der Waals surface area contributed by atoms with E-state index in [1.807, 2.05) is 19.1 Å². The standard InChI is InChI=1S/C13H16ClNO2S/c1-2-7-15-13(17)9-18-11-5-3-10(4-6-11)12(16)8-14/h3-6H,2,7-9H2,1H3,(H,15,17). The molecule has 0 spiro atoms. The van der Waals surface area contributed by atoms with Gasteiger partial charge in [0.05, 0.1) is 11.6 Å². The Bertz CT molecular complexity index is 406. The van der Waals surface area contributed by atoms with Crippen molar-refractivity contribution in [3.8, 4) is 0 Å². The molecule has 3 nitrogen and oxygen atoms in total. The van der Waals surface area contributed by atoms with Crippen molar-refractivity contribution in [2.45, 2.75) is 18.2 Å². The van der Waals surface area contributed by atoms with Crippen molar-refractivity contribution in [3.05, 3.63) is 29.8 Å². The fourth-order valence-corrected chi connectivity index (χ4v) is 2.16. The van der Waals surface area contributed by atoms with E-state index < -0.39 is 0 Å². The van der Waals surface area contributed by atoms with Crippen LogP contribution in [-0.4, -0.2) is 29.9 Å². The van der Waals surface area contributed by atoms with E-state index in [-0.39, 0.29) is 17.6 Å². The van der Waals surface area contributed by atoms with Crippen LogP contribution < -0.4 is 5.32 Å². The molecule has 0 fully saturated rings. The first-order valence-electron chi connectivity index (χ1n) is 5.76. The summed E-state index contributed by atoms with van der Waals surface area (Å²) in [5, 5.41) is 2.81. The minimum atomic E-state index is -0.0890. The maximum absolute atomic E-state index is 11.4. The summed E-state index contributed by atoms with van der Waals surface area (Å²) in [5.74, 6) is 0.325. The number of nitrogens with one attached hydrogen (secondary N) is 1. The minimum absolute atomic E-state index is 0.00802. The van der Waals surface area contributed by atoms with E-state index in [9.17, 15) is 9.59 Å². The van der Waals surface area contributed by atoms with Gasteiger partial charge in [0.1, 0.15) is 0 Å². The second kappa shape index (κ2) is 8.16. The van der Waals surface area contributed by atoms with Crippen LogP contribution >= 0.6 is 23.4 Å². The van der Waals surface area contributed by atoms with Crippen LogP contribution in [0.1, 0.15) is 23.7 Å². The molecule has 18 heavy (non-hydrogen) atoms. The molecule has 0 saturated heterocycles. The number of Topliss-reactive ketones (excluding diaryl/α,β-unsaturated/α-hetero) is 1. The Morgan fingerprint density at radius 2 is 1.94 bits per heavy atom. The second-order valence-electron chi connectivity index (χ2n) is 3.72. The summed E-state index contributed by atoms with van der Waals surface area (Å²) in [6.07, 6.45) is 0.936. The Kier molecular flexibility index (Phi) is 6.83. The van der Waals surface area contributed by atoms with Gasteiger partial charge in [-0.3, -0.25) is 9.59 Å². The average molecular weight is 286 g/mol. The molecular weight excluding hydrogens is 270 g/mol. The van der Waals surface area contributed by atoms with Crippen LogP contribution in [0.4, 0.5) is 0 Å². The molecule has 1 amide bonds. The molecule has 0 saturated carbocycles. The summed E-state index contributed by atoms with van der Waals surface area (Å²) >= 11 is 6.92. The monoisotopic (exact) mass is 285 g/mol. The highest BCUT2D eigenvalue weighted by Gasteiger charge is 2.05. The molecule has 0 bridgehead atoms. The van der Waals surface area contributed by atoms with Gasteiger partial charge in [-0.25, -0.2) is 0 Å². The zero-order valence-corrected chi connectivity index (χ0v) is 11.8. The highest BCUT2D eigenvalue weighted by atomic mass is 35.5. The van der Waals surface area contributed by atoms with Crippen molar-refractivity contribution in [2.75, 3.05) is 18.2 Å². The summed E-state index contributed by atoms with van der Waals surface area (Å²) < 4.78 is 0. The van der Waals surface area contributed by atoms with Crippen LogP contribution in [0.3, 0.4) is 0 Å². The van der Waals surface area contributed by atoms with Crippen LogP contribution in [0.25, 0.3) is 0 Å². The normalized spacial score (nSPS) is 10.1. The number of rotatable bonds is 7. The number of amides is 1. The molecule has 0 unspecified atom stereocenters. The van der Waals surface area contributed by atoms with E-state index in [1.54, 1.807) is 12.1 Å². The second-order valence-corrected chi connectivity index (χ2v) is 5.04. The van der Waals surface area contributed by atoms with E-state index in [0.717, 1.165) is 11.3 Å². The predicted molar refractivity (Wildman–Crippen MR) is 75.5 cm³/mol. The lowest BCUT2D eigenvalue weighted by atomic mass is 10.1. The summed E-state index contributed by atoms with van der Waals surface area (Å²) in [7, 11) is 0. The Morgan fingerprint density at radius 1 is 1.28 bits per heavy atom. The van der Waals surface area contributed by atoms with Crippen molar-refractivity contribution < 1.29 is 9.59 Å². The smallest absolute Gasteiger partial charge is 0.230 e. The van der Waals surface area contributed by atoms with Gasteiger partial charge in [-0.05, 0) is 18.6 Å². The minimum Gasteiger partial charge on any atom is -0.355 e. The van der Waals surface area contributed by atoms with Crippen molar-refractivity contribution in [3.63, 3.8) is 0 Å². The molecule has 0 aliphatic carbocycles. The van der Waals surface area contributed by atoms with Crippen LogP contribution in [0, 0.1) is 0 Å². The predicted octanol–water partition coefficient (Wildman–Crippen LogP) is 2.73. The number of alkyl halides is 1. The first-order valence-corrected chi connectivity index (χ1v) is 7.28. The fraction of sp³-hybridized carbons (Fsp3) is 0.385. The molecule has 1 aromatic rings. The van der Waals surface area contributed by atoms with Gasteiger partial charge >= 0.3 is 0 Å². The molecule has 1 N–H and O–H groups in total. The fourth-order valence-electron chi connectivity index (χ4n) is 1.28. The van der Waals surface area contributed by atoms with Crippen LogP contribution in [0.2, 0.25) is 0 Å². The van der Waals surface area contributed by atoms with Gasteiger partial charge in [0.25, 0.3) is 0 Å². The molecule has 0 atom stereocenters. The summed E-state index contributed by atoms with van der Waals surface area (Å²) in [4.78, 5) is 23.7. The van der Waals surface area contributed by atoms with Crippen molar-refractivity contribution >= 4 is 35.1 Å². The van der Waals surface area contributed by atoms with Gasteiger partial charge in [-0.1, -0.05) is 19.1 Å². The maximum atomic E-state index is 11.4. The molecule has 0 heterocycles. The van der Waals surface area contributed by atoms with E-state index >= 15 is 0 Å². The third kappa shape index (κ3) is 5.10. The largest absolute Gasteiger partial charge is 0.355 e. The lowest BCUT2D eigenvalue weighted by Crippen LogP contribution is -2.25. The number of ketones is 1. The lowest BCUT2D eigenvalue weighted by molar-refractivity contribution is -0.118. The number of carbonyl (C=O) groups is 2. The Hall–Kier alpha value is -1.00. The number of carbonyl (C=O) groups excluding carboxylic acids is 2. The van der Waals surface area contributed by atoms with Crippen molar-refractivity contribution in [1.82, 2.24) is 5.32 Å². The summed E-state index contributed by atoms with van der Waals surface area (Å²) in [6.45, 7) is 2.72. The highest BCUT2D eigenvalue weighted by molar-refractivity contribution is 8.00. The Balaban J connectivity index is 2.44. The Labute approximate surface area is 116 Å². The van der Waals surface area contributed by atoms with Gasteiger partial charge in [0.2, 0.25) is 5.91 Å². The molecular formula is C13H16ClNO2S. The average Bonchev–Trinajstić information content (AvgIpc) is 2.42. The van der Waals surface area contributed by atoms with Crippen molar-refractivity contribution in [2.24, 2.45) is 0 Å². The summed E-state index contributed by atoms with van der Waals surface area (Å²) in [5.41, 5.74) is 0.602. The third-order valence-corrected chi connectivity index (χ3v) is 3.49. The van der Waals surface area contributed by atoms with E-state index in [0.29, 0.717) is 17.9 Å². The zero-order valence-electron chi connectivity index (χ0n) is 10.2. The zero-order chi connectivity index (χ0) is 13.4. The molecule has 1 aromatic carbocycles. The number of benzene rings is 1. The number of hydrogen-bond acceptors (Lipinski definition) is 3. The van der Waals surface area contributed by atoms with Crippen LogP contribution in [0.15, 0.2) is 29.2 Å². The van der Waals surface area contributed by atoms with Crippen LogP contribution in [-0.2, 0) is 4.79 Å². The third-order valence-electron chi connectivity index (χ3n) is 2.24. The number of halogens is 1. The first-order chi connectivity index (χ1) is 8.67. The first kappa shape index (κ1) is 15.1. The molecule has 1 rings (SSSR count). The number of hydrogen-bond donors (Lipinski definition) is 1. The highest BCUT2D eigenvalue weighted by Crippen LogP contribution is 2.18. The Morgan fingerprint density at radius 3 is 2.50 bits per heavy atom. The van der Waals surface area contributed by atoms with Gasteiger partial charge in [0, 0.05) is 17.0 Å². The molecule has 98 valence electrons. The van der Waals surface area contributed by atoms with E-state index in [2.05, 4.69) is 5.32 Å². The van der Waals surface area contributed by atoms with Gasteiger partial charge in [-0.15, -0.1) is 23.4 Å². The summed E-state index contributed by atoms with van der Waals surface area (Å²) in [6, 6.07) is 7.13. The van der Waals surface area contributed by atoms with Crippen molar-refractivity contribution in [1.29, 1.82) is 0 Å². The SMILES string of the molecule is CCCNC(=O)CSc1ccc(C(=O)CCl)cc1. The van der Waals surface area contributed by atoms with E-state index in [1.165, 1.54) is 11.8 Å².